The molecule has 1 aliphatic heterocycles. The minimum absolute atomic E-state index is 0.376. The summed E-state index contributed by atoms with van der Waals surface area (Å²) < 4.78 is 20.2. The first-order valence-electron chi connectivity index (χ1n) is 3.17. The quantitative estimate of drug-likeness (QED) is 0.551. The van der Waals surface area contributed by atoms with Crippen molar-refractivity contribution in [3.8, 4) is 0 Å². The molecule has 0 saturated carbocycles. The first-order chi connectivity index (χ1) is 4.88. The van der Waals surface area contributed by atoms with E-state index < -0.39 is 0 Å². The third-order valence-electron chi connectivity index (χ3n) is 1.33. The second-order valence-electron chi connectivity index (χ2n) is 1.95. The summed E-state index contributed by atoms with van der Waals surface area (Å²) in [7, 11) is 3.12. The molecule has 0 radical (unpaired) electrons. The van der Waals surface area contributed by atoms with E-state index in [4.69, 9.17) is 18.9 Å². The fourth-order valence-corrected chi connectivity index (χ4v) is 0.844. The van der Waals surface area contributed by atoms with Crippen molar-refractivity contribution in [3.63, 3.8) is 0 Å². The van der Waals surface area contributed by atoms with E-state index in [1.54, 1.807) is 14.2 Å². The summed E-state index contributed by atoms with van der Waals surface area (Å²) in [4.78, 5) is 0. The number of ether oxygens (including phenoxy) is 4. The Labute approximate surface area is 60.0 Å². The largest absolute Gasteiger partial charge is 0.351 e. The number of methoxy groups -OCH3 is 2. The van der Waals surface area contributed by atoms with Crippen molar-refractivity contribution in [2.45, 2.75) is 12.6 Å². The van der Waals surface area contributed by atoms with E-state index in [2.05, 4.69) is 0 Å². The van der Waals surface area contributed by atoms with Gasteiger partial charge in [-0.05, 0) is 0 Å². The second kappa shape index (κ2) is 3.88. The van der Waals surface area contributed by atoms with Gasteiger partial charge in [0, 0.05) is 14.2 Å². The Morgan fingerprint density at radius 3 is 1.70 bits per heavy atom. The van der Waals surface area contributed by atoms with Gasteiger partial charge in [-0.2, -0.15) is 0 Å². The first kappa shape index (κ1) is 7.94. The van der Waals surface area contributed by atoms with Crippen molar-refractivity contribution >= 4 is 0 Å². The molecule has 2 atom stereocenters. The highest BCUT2D eigenvalue weighted by Crippen LogP contribution is 2.10. The van der Waals surface area contributed by atoms with Gasteiger partial charge in [-0.3, -0.25) is 0 Å². The maximum absolute atomic E-state index is 5.16. The average molecular weight is 148 g/mol. The molecule has 1 aliphatic rings. The Hall–Kier alpha value is -0.160. The fourth-order valence-electron chi connectivity index (χ4n) is 0.844. The van der Waals surface area contributed by atoms with Crippen LogP contribution in [-0.2, 0) is 18.9 Å². The van der Waals surface area contributed by atoms with E-state index in [9.17, 15) is 0 Å². The van der Waals surface area contributed by atoms with Crippen molar-refractivity contribution in [3.05, 3.63) is 0 Å². The number of hydrogen-bond donors (Lipinski definition) is 0. The standard InChI is InChI=1S/C6H12O4/c1-7-5-6(8-2)10-4-3-9-5/h5-6H,3-4H2,1-2H3/t5-,6-/m0/s1. The maximum atomic E-state index is 5.16. The molecule has 0 amide bonds. The maximum Gasteiger partial charge on any atom is 0.209 e. The molecule has 4 nitrogen and oxygen atoms in total. The van der Waals surface area contributed by atoms with E-state index in [0.29, 0.717) is 13.2 Å². The summed E-state index contributed by atoms with van der Waals surface area (Å²) in [5.74, 6) is 0. The average Bonchev–Trinajstić information content (AvgIpc) is 2.04. The molecule has 1 heterocycles. The van der Waals surface area contributed by atoms with Crippen LogP contribution in [0.4, 0.5) is 0 Å². The van der Waals surface area contributed by atoms with E-state index >= 15 is 0 Å². The summed E-state index contributed by atoms with van der Waals surface area (Å²) in [6.45, 7) is 1.14. The molecule has 0 aromatic carbocycles. The zero-order valence-electron chi connectivity index (χ0n) is 6.20. The van der Waals surface area contributed by atoms with Crippen LogP contribution in [0.2, 0.25) is 0 Å². The summed E-state index contributed by atoms with van der Waals surface area (Å²) in [6.07, 6.45) is -0.752. The molecule has 1 rings (SSSR count). The molecule has 1 fully saturated rings. The van der Waals surface area contributed by atoms with E-state index in [1.807, 2.05) is 0 Å². The molecule has 60 valence electrons. The molecule has 0 spiro atoms. The highest BCUT2D eigenvalue weighted by molar-refractivity contribution is 4.54. The van der Waals surface area contributed by atoms with Gasteiger partial charge in [-0.15, -0.1) is 0 Å². The van der Waals surface area contributed by atoms with Crippen LogP contribution in [0.15, 0.2) is 0 Å². The van der Waals surface area contributed by atoms with Gasteiger partial charge in [0.2, 0.25) is 12.6 Å². The summed E-state index contributed by atoms with van der Waals surface area (Å²) in [5.41, 5.74) is 0. The molecule has 0 N–H and O–H groups in total. The summed E-state index contributed by atoms with van der Waals surface area (Å²) in [6, 6.07) is 0. The molecule has 0 bridgehead atoms. The Balaban J connectivity index is 2.34. The van der Waals surface area contributed by atoms with E-state index in [-0.39, 0.29) is 12.6 Å². The third kappa shape index (κ3) is 1.67. The molecule has 0 aromatic rings. The predicted molar refractivity (Wildman–Crippen MR) is 33.5 cm³/mol. The van der Waals surface area contributed by atoms with Crippen LogP contribution in [0.25, 0.3) is 0 Å². The smallest absolute Gasteiger partial charge is 0.209 e. The molecule has 0 aromatic heterocycles. The van der Waals surface area contributed by atoms with Crippen LogP contribution in [0.5, 0.6) is 0 Å². The molecular weight excluding hydrogens is 136 g/mol. The van der Waals surface area contributed by atoms with Gasteiger partial charge in [-0.1, -0.05) is 0 Å². The minimum atomic E-state index is -0.376. The summed E-state index contributed by atoms with van der Waals surface area (Å²) in [5, 5.41) is 0. The second-order valence-corrected chi connectivity index (χ2v) is 1.95. The van der Waals surface area contributed by atoms with Gasteiger partial charge in [0.15, 0.2) is 0 Å². The Bertz CT molecular complexity index is 83.7. The zero-order chi connectivity index (χ0) is 7.40. The Kier molecular flexibility index (Phi) is 3.08. The van der Waals surface area contributed by atoms with Crippen LogP contribution in [0.3, 0.4) is 0 Å². The monoisotopic (exact) mass is 148 g/mol. The van der Waals surface area contributed by atoms with Crippen molar-refractivity contribution in [2.24, 2.45) is 0 Å². The first-order valence-corrected chi connectivity index (χ1v) is 3.17. The van der Waals surface area contributed by atoms with Crippen molar-refractivity contribution in [1.82, 2.24) is 0 Å². The van der Waals surface area contributed by atoms with Crippen LogP contribution in [0, 0.1) is 0 Å². The highest BCUT2D eigenvalue weighted by atomic mass is 16.8. The normalized spacial score (nSPS) is 34.2. The Morgan fingerprint density at radius 2 is 1.40 bits per heavy atom. The third-order valence-corrected chi connectivity index (χ3v) is 1.33. The fraction of sp³-hybridized carbons (Fsp3) is 1.00. The van der Waals surface area contributed by atoms with Gasteiger partial charge in [0.1, 0.15) is 0 Å². The molecule has 0 aliphatic carbocycles. The van der Waals surface area contributed by atoms with Gasteiger partial charge >= 0.3 is 0 Å². The molecular formula is C6H12O4. The van der Waals surface area contributed by atoms with Crippen LogP contribution < -0.4 is 0 Å². The van der Waals surface area contributed by atoms with Crippen molar-refractivity contribution < 1.29 is 18.9 Å². The Morgan fingerprint density at radius 1 is 1.00 bits per heavy atom. The number of hydrogen-bond acceptors (Lipinski definition) is 4. The minimum Gasteiger partial charge on any atom is -0.351 e. The lowest BCUT2D eigenvalue weighted by Crippen LogP contribution is -2.40. The van der Waals surface area contributed by atoms with Gasteiger partial charge < -0.3 is 18.9 Å². The van der Waals surface area contributed by atoms with E-state index in [0.717, 1.165) is 0 Å². The van der Waals surface area contributed by atoms with Gasteiger partial charge in [0.25, 0.3) is 0 Å². The van der Waals surface area contributed by atoms with Crippen molar-refractivity contribution in [1.29, 1.82) is 0 Å². The number of rotatable bonds is 2. The molecule has 10 heavy (non-hydrogen) atoms. The molecule has 1 saturated heterocycles. The summed E-state index contributed by atoms with van der Waals surface area (Å²) >= 11 is 0. The van der Waals surface area contributed by atoms with Crippen LogP contribution in [-0.4, -0.2) is 40.0 Å². The van der Waals surface area contributed by atoms with Gasteiger partial charge in [-0.25, -0.2) is 0 Å². The van der Waals surface area contributed by atoms with E-state index in [1.165, 1.54) is 0 Å². The van der Waals surface area contributed by atoms with Crippen molar-refractivity contribution in [2.75, 3.05) is 27.4 Å². The SMILES string of the molecule is CO[C@H]1OCCO[C@@H]1OC. The highest BCUT2D eigenvalue weighted by Gasteiger charge is 2.25. The lowest BCUT2D eigenvalue weighted by molar-refractivity contribution is -0.307. The predicted octanol–water partition coefficient (Wildman–Crippen LogP) is -0.0218. The molecule has 4 heteroatoms. The molecule has 0 unspecified atom stereocenters. The topological polar surface area (TPSA) is 36.9 Å². The zero-order valence-corrected chi connectivity index (χ0v) is 6.20. The lowest BCUT2D eigenvalue weighted by Gasteiger charge is -2.28. The van der Waals surface area contributed by atoms with Crippen LogP contribution >= 0.6 is 0 Å². The van der Waals surface area contributed by atoms with Crippen LogP contribution in [0.1, 0.15) is 0 Å². The lowest BCUT2D eigenvalue weighted by atomic mass is 10.5. The van der Waals surface area contributed by atoms with Gasteiger partial charge in [0.05, 0.1) is 13.2 Å².